The Morgan fingerprint density at radius 3 is 2.48 bits per heavy atom. The smallest absolute Gasteiger partial charge is 0.264 e. The predicted molar refractivity (Wildman–Crippen MR) is 91.9 cm³/mol. The van der Waals surface area contributed by atoms with E-state index in [4.69, 9.17) is 9.26 Å². The summed E-state index contributed by atoms with van der Waals surface area (Å²) < 4.78 is 23.5. The van der Waals surface area contributed by atoms with Gasteiger partial charge < -0.3 is 9.26 Å². The van der Waals surface area contributed by atoms with Gasteiger partial charge in [0.15, 0.2) is 6.61 Å². The molecule has 25 heavy (non-hydrogen) atoms. The van der Waals surface area contributed by atoms with Crippen LogP contribution >= 0.6 is 0 Å². The highest BCUT2D eigenvalue weighted by Crippen LogP contribution is 2.22. The van der Waals surface area contributed by atoms with E-state index in [-0.39, 0.29) is 24.2 Å². The van der Waals surface area contributed by atoms with E-state index in [0.29, 0.717) is 17.0 Å². The molecule has 0 saturated carbocycles. The van der Waals surface area contributed by atoms with Crippen LogP contribution in [0.4, 0.5) is 10.3 Å². The molecule has 0 aliphatic carbocycles. The molecule has 5 nitrogen and oxygen atoms in total. The molecule has 1 heterocycles. The van der Waals surface area contributed by atoms with Crippen LogP contribution in [0.1, 0.15) is 11.1 Å². The van der Waals surface area contributed by atoms with Crippen molar-refractivity contribution in [2.24, 2.45) is 0 Å². The Balaban J connectivity index is 1.59. The predicted octanol–water partition coefficient (Wildman–Crippen LogP) is 4.12. The topological polar surface area (TPSA) is 64.4 Å². The average Bonchev–Trinajstić information content (AvgIpc) is 3.01. The molecule has 0 fully saturated rings. The highest BCUT2D eigenvalue weighted by molar-refractivity contribution is 5.91. The molecular formula is C19H17FN2O3. The van der Waals surface area contributed by atoms with E-state index in [1.54, 1.807) is 18.2 Å². The minimum atomic E-state index is -0.360. The normalized spacial score (nSPS) is 10.5. The van der Waals surface area contributed by atoms with Crippen molar-refractivity contribution < 1.29 is 18.4 Å². The first-order valence-electron chi connectivity index (χ1n) is 7.73. The fourth-order valence-electron chi connectivity index (χ4n) is 2.43. The van der Waals surface area contributed by atoms with E-state index in [1.165, 1.54) is 12.1 Å². The third-order valence-corrected chi connectivity index (χ3v) is 3.48. The van der Waals surface area contributed by atoms with Crippen molar-refractivity contribution in [3.63, 3.8) is 0 Å². The Bertz CT molecular complexity index is 868. The van der Waals surface area contributed by atoms with Gasteiger partial charge in [-0.15, -0.1) is 0 Å². The van der Waals surface area contributed by atoms with Gasteiger partial charge in [0.1, 0.15) is 17.3 Å². The lowest BCUT2D eigenvalue weighted by atomic mass is 10.1. The maximum Gasteiger partial charge on any atom is 0.264 e. The number of nitrogens with zero attached hydrogens (tertiary/aromatic N) is 1. The third-order valence-electron chi connectivity index (χ3n) is 3.48. The molecular weight excluding hydrogens is 323 g/mol. The molecule has 6 heteroatoms. The zero-order valence-electron chi connectivity index (χ0n) is 13.9. The van der Waals surface area contributed by atoms with Gasteiger partial charge in [0.2, 0.25) is 5.88 Å². The molecule has 128 valence electrons. The second-order valence-electron chi connectivity index (χ2n) is 5.74. The number of carbonyl (C=O) groups is 1. The number of hydrogen-bond donors (Lipinski definition) is 1. The summed E-state index contributed by atoms with van der Waals surface area (Å²) in [6.07, 6.45) is 0. The second kappa shape index (κ2) is 7.17. The number of amides is 1. The molecule has 0 saturated heterocycles. The molecule has 0 bridgehead atoms. The van der Waals surface area contributed by atoms with Crippen LogP contribution < -0.4 is 10.1 Å². The van der Waals surface area contributed by atoms with Crippen molar-refractivity contribution in [1.82, 2.24) is 5.16 Å². The number of rotatable bonds is 5. The zero-order chi connectivity index (χ0) is 17.8. The summed E-state index contributed by atoms with van der Waals surface area (Å²) in [5.41, 5.74) is 3.33. The van der Waals surface area contributed by atoms with Crippen LogP contribution in [-0.4, -0.2) is 17.7 Å². The van der Waals surface area contributed by atoms with Gasteiger partial charge in [-0.2, -0.15) is 0 Å². The summed E-state index contributed by atoms with van der Waals surface area (Å²) in [6, 6.07) is 13.2. The molecule has 1 aromatic heterocycles. The van der Waals surface area contributed by atoms with Crippen LogP contribution in [0.2, 0.25) is 0 Å². The van der Waals surface area contributed by atoms with E-state index >= 15 is 0 Å². The van der Waals surface area contributed by atoms with Crippen molar-refractivity contribution in [3.8, 4) is 17.0 Å². The lowest BCUT2D eigenvalue weighted by molar-refractivity contribution is -0.118. The van der Waals surface area contributed by atoms with Gasteiger partial charge in [0, 0.05) is 11.6 Å². The molecule has 3 rings (SSSR count). The number of aromatic nitrogens is 1. The lowest BCUT2D eigenvalue weighted by Gasteiger charge is -2.07. The molecule has 0 aliphatic heterocycles. The van der Waals surface area contributed by atoms with Crippen molar-refractivity contribution in [1.29, 1.82) is 0 Å². The largest absolute Gasteiger partial charge is 0.484 e. The van der Waals surface area contributed by atoms with Crippen LogP contribution in [0.5, 0.6) is 5.75 Å². The SMILES string of the molecule is Cc1cc(C)cc(OCC(=O)Nc2cc(-c3ccc(F)cc3)no2)c1. The Morgan fingerprint density at radius 2 is 1.80 bits per heavy atom. The van der Waals surface area contributed by atoms with Crippen LogP contribution in [-0.2, 0) is 4.79 Å². The first kappa shape index (κ1) is 16.7. The van der Waals surface area contributed by atoms with Gasteiger partial charge in [0.25, 0.3) is 5.91 Å². The Morgan fingerprint density at radius 1 is 1.12 bits per heavy atom. The first-order chi connectivity index (χ1) is 12.0. The standard InChI is InChI=1S/C19H17FN2O3/c1-12-7-13(2)9-16(8-12)24-11-18(23)21-19-10-17(22-25-19)14-3-5-15(20)6-4-14/h3-10H,11H2,1-2H3,(H,21,23). The van der Waals surface area contributed by atoms with Crippen LogP contribution in [0.3, 0.4) is 0 Å². The minimum Gasteiger partial charge on any atom is -0.484 e. The van der Waals surface area contributed by atoms with Gasteiger partial charge in [-0.25, -0.2) is 4.39 Å². The third kappa shape index (κ3) is 4.44. The van der Waals surface area contributed by atoms with E-state index in [9.17, 15) is 9.18 Å². The Hall–Kier alpha value is -3.15. The molecule has 2 aromatic carbocycles. The number of hydrogen-bond acceptors (Lipinski definition) is 4. The number of nitrogens with one attached hydrogen (secondary N) is 1. The Kier molecular flexibility index (Phi) is 4.79. The van der Waals surface area contributed by atoms with Gasteiger partial charge in [-0.05, 0) is 61.4 Å². The van der Waals surface area contributed by atoms with E-state index in [1.807, 2.05) is 32.0 Å². The summed E-state index contributed by atoms with van der Waals surface area (Å²) in [7, 11) is 0. The Labute approximate surface area is 144 Å². The number of anilines is 1. The quantitative estimate of drug-likeness (QED) is 0.759. The van der Waals surface area contributed by atoms with Crippen molar-refractivity contribution in [3.05, 3.63) is 65.5 Å². The lowest BCUT2D eigenvalue weighted by Crippen LogP contribution is -2.19. The number of halogens is 1. The van der Waals surface area contributed by atoms with Crippen molar-refractivity contribution in [2.75, 3.05) is 11.9 Å². The maximum absolute atomic E-state index is 12.9. The molecule has 0 radical (unpaired) electrons. The monoisotopic (exact) mass is 340 g/mol. The second-order valence-corrected chi connectivity index (χ2v) is 5.74. The number of carbonyl (C=O) groups excluding carboxylic acids is 1. The van der Waals surface area contributed by atoms with E-state index in [0.717, 1.165) is 11.1 Å². The molecule has 3 aromatic rings. The fourth-order valence-corrected chi connectivity index (χ4v) is 2.43. The van der Waals surface area contributed by atoms with Crippen LogP contribution in [0.25, 0.3) is 11.3 Å². The van der Waals surface area contributed by atoms with Gasteiger partial charge in [-0.1, -0.05) is 11.2 Å². The highest BCUT2D eigenvalue weighted by atomic mass is 19.1. The minimum absolute atomic E-state index is 0.143. The number of aryl methyl sites for hydroxylation is 2. The van der Waals surface area contributed by atoms with Crippen molar-refractivity contribution in [2.45, 2.75) is 13.8 Å². The molecule has 0 spiro atoms. The molecule has 1 N–H and O–H groups in total. The van der Waals surface area contributed by atoms with Gasteiger partial charge in [-0.3, -0.25) is 10.1 Å². The fraction of sp³-hybridized carbons (Fsp3) is 0.158. The van der Waals surface area contributed by atoms with Crippen LogP contribution in [0, 0.1) is 19.7 Å². The van der Waals surface area contributed by atoms with Gasteiger partial charge >= 0.3 is 0 Å². The number of benzene rings is 2. The molecule has 1 amide bonds. The maximum atomic E-state index is 12.9. The highest BCUT2D eigenvalue weighted by Gasteiger charge is 2.10. The van der Waals surface area contributed by atoms with Crippen molar-refractivity contribution >= 4 is 11.8 Å². The first-order valence-corrected chi connectivity index (χ1v) is 7.73. The van der Waals surface area contributed by atoms with Crippen LogP contribution in [0.15, 0.2) is 53.1 Å². The van der Waals surface area contributed by atoms with E-state index < -0.39 is 0 Å². The summed E-state index contributed by atoms with van der Waals surface area (Å²) in [5, 5.41) is 6.43. The molecule has 0 atom stereocenters. The molecule has 0 aliphatic rings. The average molecular weight is 340 g/mol. The summed E-state index contributed by atoms with van der Waals surface area (Å²) in [6.45, 7) is 3.78. The molecule has 0 unspecified atom stereocenters. The zero-order valence-corrected chi connectivity index (χ0v) is 13.9. The number of ether oxygens (including phenoxy) is 1. The summed E-state index contributed by atoms with van der Waals surface area (Å²) in [4.78, 5) is 12.0. The van der Waals surface area contributed by atoms with E-state index in [2.05, 4.69) is 10.5 Å². The van der Waals surface area contributed by atoms with Gasteiger partial charge in [0.05, 0.1) is 0 Å². The summed E-state index contributed by atoms with van der Waals surface area (Å²) >= 11 is 0. The summed E-state index contributed by atoms with van der Waals surface area (Å²) in [5.74, 6) is 0.149.